The molecule has 1 aliphatic rings. The summed E-state index contributed by atoms with van der Waals surface area (Å²) >= 11 is 0. The smallest absolute Gasteiger partial charge is 0.173 e. The molecule has 7 heteroatoms. The van der Waals surface area contributed by atoms with Gasteiger partial charge in [-0.2, -0.15) is 0 Å². The highest BCUT2D eigenvalue weighted by atomic mass is 19.1. The SMILES string of the molecule is OC(c1cccc(F)c1)(c1cccc(F)c1)c1ccc(CN(Cc2ccco2)C[C@H]2CCCO2)o1. The number of rotatable bonds is 9. The van der Waals surface area contributed by atoms with Gasteiger partial charge in [-0.05, 0) is 72.5 Å². The van der Waals surface area contributed by atoms with E-state index in [-0.39, 0.29) is 23.0 Å². The summed E-state index contributed by atoms with van der Waals surface area (Å²) in [6.07, 6.45) is 3.81. The molecule has 35 heavy (non-hydrogen) atoms. The molecule has 1 atom stereocenters. The second kappa shape index (κ2) is 10.2. The van der Waals surface area contributed by atoms with Crippen molar-refractivity contribution >= 4 is 0 Å². The number of nitrogens with zero attached hydrogens (tertiary/aromatic N) is 1. The molecule has 2 aromatic carbocycles. The highest BCUT2D eigenvalue weighted by Gasteiger charge is 2.38. The molecule has 5 rings (SSSR count). The summed E-state index contributed by atoms with van der Waals surface area (Å²) in [5.41, 5.74) is -1.38. The van der Waals surface area contributed by atoms with Crippen molar-refractivity contribution in [2.75, 3.05) is 13.2 Å². The Balaban J connectivity index is 1.46. The van der Waals surface area contributed by atoms with E-state index in [0.29, 0.717) is 25.4 Å². The average molecular weight is 480 g/mol. The van der Waals surface area contributed by atoms with Crippen LogP contribution in [0.2, 0.25) is 0 Å². The Morgan fingerprint density at radius 1 is 0.886 bits per heavy atom. The number of ether oxygens (including phenoxy) is 1. The number of hydrogen-bond donors (Lipinski definition) is 1. The van der Waals surface area contributed by atoms with Gasteiger partial charge in [0.25, 0.3) is 0 Å². The highest BCUT2D eigenvalue weighted by molar-refractivity contribution is 5.44. The third kappa shape index (κ3) is 5.22. The van der Waals surface area contributed by atoms with Crippen molar-refractivity contribution in [2.45, 2.75) is 37.6 Å². The van der Waals surface area contributed by atoms with E-state index in [1.54, 1.807) is 30.5 Å². The molecule has 5 nitrogen and oxygen atoms in total. The molecule has 0 saturated carbocycles. The lowest BCUT2D eigenvalue weighted by Gasteiger charge is -2.28. The zero-order valence-electron chi connectivity index (χ0n) is 19.2. The molecule has 0 bridgehead atoms. The molecule has 182 valence electrons. The predicted molar refractivity (Wildman–Crippen MR) is 125 cm³/mol. The number of hydrogen-bond acceptors (Lipinski definition) is 5. The van der Waals surface area contributed by atoms with Crippen LogP contribution in [0, 0.1) is 11.6 Å². The maximum absolute atomic E-state index is 14.1. The zero-order chi connectivity index (χ0) is 24.3. The summed E-state index contributed by atoms with van der Waals surface area (Å²) in [7, 11) is 0. The van der Waals surface area contributed by atoms with Crippen LogP contribution in [0.25, 0.3) is 0 Å². The second-order valence-corrected chi connectivity index (χ2v) is 8.88. The largest absolute Gasteiger partial charge is 0.468 e. The molecule has 1 saturated heterocycles. The van der Waals surface area contributed by atoms with Crippen LogP contribution in [0.3, 0.4) is 0 Å². The Labute approximate surface area is 202 Å². The maximum atomic E-state index is 14.1. The normalized spacial score (nSPS) is 16.3. The van der Waals surface area contributed by atoms with Crippen LogP contribution in [-0.2, 0) is 23.4 Å². The minimum atomic E-state index is -1.87. The fraction of sp³-hybridized carbons (Fsp3) is 0.286. The topological polar surface area (TPSA) is 59.0 Å². The number of halogens is 2. The van der Waals surface area contributed by atoms with Crippen molar-refractivity contribution in [3.05, 3.63) is 119 Å². The molecule has 1 N–H and O–H groups in total. The summed E-state index contributed by atoms with van der Waals surface area (Å²) in [6.45, 7) is 2.48. The summed E-state index contributed by atoms with van der Waals surface area (Å²) in [6, 6.07) is 18.4. The third-order valence-corrected chi connectivity index (χ3v) is 6.33. The van der Waals surface area contributed by atoms with Crippen LogP contribution in [0.1, 0.15) is 41.2 Å². The minimum Gasteiger partial charge on any atom is -0.468 e. The molecular formula is C28H27F2NO4. The van der Waals surface area contributed by atoms with E-state index in [2.05, 4.69) is 4.90 Å². The first-order valence-corrected chi connectivity index (χ1v) is 11.7. The van der Waals surface area contributed by atoms with Crippen LogP contribution in [0.15, 0.2) is 87.9 Å². The molecular weight excluding hydrogens is 452 g/mol. The van der Waals surface area contributed by atoms with E-state index < -0.39 is 17.2 Å². The Morgan fingerprint density at radius 3 is 2.20 bits per heavy atom. The Kier molecular flexibility index (Phi) is 6.81. The standard InChI is InChI=1S/C28H27F2NO4/c29-22-7-1-5-20(15-22)28(32,21-6-2-8-23(30)16-21)27-12-11-26(35-27)19-31(17-24-9-3-13-33-24)18-25-10-4-14-34-25/h1-3,5-9,11-13,15-16,25,32H,4,10,14,17-19H2/t25-/m1/s1. The highest BCUT2D eigenvalue weighted by Crippen LogP contribution is 2.38. The maximum Gasteiger partial charge on any atom is 0.173 e. The van der Waals surface area contributed by atoms with Crippen LogP contribution in [0.5, 0.6) is 0 Å². The quantitative estimate of drug-likeness (QED) is 0.338. The predicted octanol–water partition coefficient (Wildman–Crippen LogP) is 5.62. The van der Waals surface area contributed by atoms with Crippen molar-refractivity contribution in [3.8, 4) is 0 Å². The molecule has 1 fully saturated rings. The van der Waals surface area contributed by atoms with E-state index in [4.69, 9.17) is 13.6 Å². The van der Waals surface area contributed by atoms with Gasteiger partial charge in [-0.25, -0.2) is 8.78 Å². The lowest BCUT2D eigenvalue weighted by molar-refractivity contribution is 0.0605. The monoisotopic (exact) mass is 479 g/mol. The van der Waals surface area contributed by atoms with E-state index in [1.807, 2.05) is 12.1 Å². The van der Waals surface area contributed by atoms with Gasteiger partial charge in [0, 0.05) is 13.2 Å². The Bertz CT molecular complexity index is 1200. The Hall–Kier alpha value is -3.26. The summed E-state index contributed by atoms with van der Waals surface area (Å²) in [4.78, 5) is 2.17. The first-order chi connectivity index (χ1) is 17.0. The molecule has 2 aromatic heterocycles. The first kappa shape index (κ1) is 23.5. The average Bonchev–Trinajstić information content (AvgIpc) is 3.62. The van der Waals surface area contributed by atoms with Crippen molar-refractivity contribution < 1.29 is 27.5 Å². The minimum absolute atomic E-state index is 0.135. The third-order valence-electron chi connectivity index (χ3n) is 6.33. The van der Waals surface area contributed by atoms with Gasteiger partial charge in [0.05, 0.1) is 25.5 Å². The number of benzene rings is 2. The van der Waals surface area contributed by atoms with Crippen molar-refractivity contribution in [2.24, 2.45) is 0 Å². The molecule has 0 aliphatic carbocycles. The van der Waals surface area contributed by atoms with E-state index >= 15 is 0 Å². The lowest BCUT2D eigenvalue weighted by atomic mass is 9.84. The molecule has 0 spiro atoms. The van der Waals surface area contributed by atoms with Crippen molar-refractivity contribution in [1.29, 1.82) is 0 Å². The molecule has 0 unspecified atom stereocenters. The molecule has 4 aromatic rings. The van der Waals surface area contributed by atoms with E-state index in [0.717, 1.165) is 25.2 Å². The number of furan rings is 2. The summed E-state index contributed by atoms with van der Waals surface area (Å²) in [5.74, 6) is 0.593. The second-order valence-electron chi connectivity index (χ2n) is 8.88. The van der Waals surface area contributed by atoms with Gasteiger partial charge in [-0.3, -0.25) is 4.90 Å². The molecule has 1 aliphatic heterocycles. The van der Waals surface area contributed by atoms with Crippen LogP contribution in [0.4, 0.5) is 8.78 Å². The van der Waals surface area contributed by atoms with Gasteiger partial charge >= 0.3 is 0 Å². The Morgan fingerprint density at radius 2 is 1.60 bits per heavy atom. The fourth-order valence-corrected chi connectivity index (χ4v) is 4.64. The van der Waals surface area contributed by atoms with Gasteiger partial charge < -0.3 is 18.7 Å². The summed E-state index contributed by atoms with van der Waals surface area (Å²) < 4.78 is 45.7. The zero-order valence-corrected chi connectivity index (χ0v) is 19.2. The number of aliphatic hydroxyl groups is 1. The van der Waals surface area contributed by atoms with Gasteiger partial charge in [-0.15, -0.1) is 0 Å². The molecule has 0 amide bonds. The van der Waals surface area contributed by atoms with Crippen LogP contribution < -0.4 is 0 Å². The van der Waals surface area contributed by atoms with Crippen LogP contribution in [-0.4, -0.2) is 29.3 Å². The van der Waals surface area contributed by atoms with Crippen molar-refractivity contribution in [1.82, 2.24) is 4.90 Å². The van der Waals surface area contributed by atoms with E-state index in [1.165, 1.54) is 36.4 Å². The van der Waals surface area contributed by atoms with Gasteiger partial charge in [0.2, 0.25) is 0 Å². The molecule has 3 heterocycles. The lowest BCUT2D eigenvalue weighted by Crippen LogP contribution is -2.31. The van der Waals surface area contributed by atoms with E-state index in [9.17, 15) is 13.9 Å². The first-order valence-electron chi connectivity index (χ1n) is 11.7. The van der Waals surface area contributed by atoms with Crippen LogP contribution >= 0.6 is 0 Å². The summed E-state index contributed by atoms with van der Waals surface area (Å²) in [5, 5.41) is 11.9. The fourth-order valence-electron chi connectivity index (χ4n) is 4.64. The molecule has 0 radical (unpaired) electrons. The van der Waals surface area contributed by atoms with Crippen molar-refractivity contribution in [3.63, 3.8) is 0 Å². The van der Waals surface area contributed by atoms with Gasteiger partial charge in [0.1, 0.15) is 28.9 Å². The van der Waals surface area contributed by atoms with Gasteiger partial charge in [-0.1, -0.05) is 24.3 Å². The van der Waals surface area contributed by atoms with Gasteiger partial charge in [0.15, 0.2) is 5.60 Å².